The maximum absolute atomic E-state index is 11.8. The van der Waals surface area contributed by atoms with Crippen molar-refractivity contribution in [1.29, 1.82) is 0 Å². The summed E-state index contributed by atoms with van der Waals surface area (Å²) in [6.45, 7) is 0.589. The van der Waals surface area contributed by atoms with Gasteiger partial charge in [0.2, 0.25) is 0 Å². The smallest absolute Gasteiger partial charge is 0.328 e. The molecule has 0 saturated carbocycles. The highest BCUT2D eigenvalue weighted by molar-refractivity contribution is 6.31. The zero-order chi connectivity index (χ0) is 21.5. The van der Waals surface area contributed by atoms with Gasteiger partial charge in [-0.25, -0.2) is 4.79 Å². The molecule has 0 spiro atoms. The van der Waals surface area contributed by atoms with Gasteiger partial charge in [-0.2, -0.15) is 0 Å². The maximum atomic E-state index is 11.8. The first kappa shape index (κ1) is 20.7. The summed E-state index contributed by atoms with van der Waals surface area (Å²) in [5, 5.41) is 4.04. The van der Waals surface area contributed by atoms with Crippen molar-refractivity contribution >= 4 is 23.9 Å². The number of carbonyl (C=O) groups excluding carboxylic acids is 3. The highest BCUT2D eigenvalue weighted by Gasteiger charge is 2.27. The lowest BCUT2D eigenvalue weighted by Gasteiger charge is -2.15. The Bertz CT molecular complexity index is 961. The fourth-order valence-electron chi connectivity index (χ4n) is 2.65. The first-order valence-electron chi connectivity index (χ1n) is 8.96. The van der Waals surface area contributed by atoms with Crippen molar-refractivity contribution in [2.24, 2.45) is 0 Å². The quantitative estimate of drug-likeness (QED) is 0.387. The van der Waals surface area contributed by atoms with E-state index in [2.05, 4.69) is 0 Å². The fraction of sp³-hybridized carbons (Fsp3) is 0.190. The van der Waals surface area contributed by atoms with Crippen molar-refractivity contribution in [2.75, 3.05) is 27.4 Å². The van der Waals surface area contributed by atoms with Crippen LogP contribution in [-0.2, 0) is 9.59 Å². The molecule has 156 valence electrons. The van der Waals surface area contributed by atoms with Crippen LogP contribution in [0, 0.1) is 0 Å². The zero-order valence-electron chi connectivity index (χ0n) is 16.4. The molecule has 3 rings (SSSR count). The predicted molar refractivity (Wildman–Crippen MR) is 107 cm³/mol. The molecule has 30 heavy (non-hydrogen) atoms. The fourth-order valence-corrected chi connectivity index (χ4v) is 2.65. The van der Waals surface area contributed by atoms with Gasteiger partial charge in [0.05, 0.1) is 14.2 Å². The Balaban J connectivity index is 1.61. The van der Waals surface area contributed by atoms with Gasteiger partial charge in [-0.3, -0.25) is 20.2 Å². The van der Waals surface area contributed by atoms with Gasteiger partial charge >= 0.3 is 6.03 Å². The Kier molecular flexibility index (Phi) is 6.53. The molecular formula is C21H20N2O7. The van der Waals surface area contributed by atoms with E-state index < -0.39 is 17.8 Å². The van der Waals surface area contributed by atoms with Gasteiger partial charge in [-0.15, -0.1) is 0 Å². The first-order valence-corrected chi connectivity index (χ1v) is 8.96. The van der Waals surface area contributed by atoms with Crippen LogP contribution in [0.1, 0.15) is 5.56 Å². The number of hydrogen-bond donors (Lipinski definition) is 2. The van der Waals surface area contributed by atoms with Crippen LogP contribution in [0.25, 0.3) is 6.08 Å². The lowest BCUT2D eigenvalue weighted by atomic mass is 10.1. The van der Waals surface area contributed by atoms with Gasteiger partial charge in [-0.1, -0.05) is 6.07 Å². The van der Waals surface area contributed by atoms with Gasteiger partial charge < -0.3 is 18.9 Å². The van der Waals surface area contributed by atoms with Crippen molar-refractivity contribution in [3.63, 3.8) is 0 Å². The Hall–Kier alpha value is -4.01. The van der Waals surface area contributed by atoms with Crippen LogP contribution in [-0.4, -0.2) is 45.3 Å². The molecule has 1 saturated heterocycles. The van der Waals surface area contributed by atoms with Gasteiger partial charge in [0.25, 0.3) is 11.8 Å². The van der Waals surface area contributed by atoms with E-state index >= 15 is 0 Å². The third-order valence-corrected chi connectivity index (χ3v) is 4.11. The molecule has 9 nitrogen and oxygen atoms in total. The van der Waals surface area contributed by atoms with E-state index in [0.717, 1.165) is 5.75 Å². The number of benzene rings is 2. The Labute approximate surface area is 172 Å². The summed E-state index contributed by atoms with van der Waals surface area (Å²) in [7, 11) is 3.07. The minimum absolute atomic E-state index is 0.182. The van der Waals surface area contributed by atoms with Crippen LogP contribution in [0.3, 0.4) is 0 Å². The summed E-state index contributed by atoms with van der Waals surface area (Å²) in [6.07, 6.45) is 1.36. The second-order valence-corrected chi connectivity index (χ2v) is 6.08. The summed E-state index contributed by atoms with van der Waals surface area (Å²) in [5.74, 6) is 0.800. The average molecular weight is 412 g/mol. The molecule has 0 aliphatic carbocycles. The third kappa shape index (κ3) is 5.07. The number of nitrogens with one attached hydrogen (secondary N) is 2. The monoisotopic (exact) mass is 412 g/mol. The average Bonchev–Trinajstić information content (AvgIpc) is 2.74. The largest absolute Gasteiger partial charge is 0.497 e. The number of methoxy groups -OCH3 is 2. The van der Waals surface area contributed by atoms with E-state index in [0.29, 0.717) is 29.4 Å². The van der Waals surface area contributed by atoms with Crippen molar-refractivity contribution in [3.8, 4) is 23.0 Å². The summed E-state index contributed by atoms with van der Waals surface area (Å²) in [5.41, 5.74) is 0.349. The van der Waals surface area contributed by atoms with Crippen molar-refractivity contribution in [3.05, 3.63) is 53.6 Å². The minimum atomic E-state index is -0.847. The molecule has 2 N–H and O–H groups in total. The van der Waals surface area contributed by atoms with E-state index in [1.54, 1.807) is 49.6 Å². The summed E-state index contributed by atoms with van der Waals surface area (Å²) in [4.78, 5) is 34.8. The standard InChI is InChI=1S/C21H20N2O7/c1-27-14-4-6-15(7-5-14)29-9-10-30-17-8-3-13(12-18(17)28-2)11-16-19(24)22-21(26)23-20(16)25/h3-8,11-12H,9-10H2,1-2H3,(H2,22,23,24,25,26). The number of hydrogen-bond acceptors (Lipinski definition) is 7. The second-order valence-electron chi connectivity index (χ2n) is 6.08. The molecule has 2 aromatic carbocycles. The zero-order valence-corrected chi connectivity index (χ0v) is 16.4. The molecule has 4 amide bonds. The molecular weight excluding hydrogens is 392 g/mol. The van der Waals surface area contributed by atoms with E-state index in [1.807, 2.05) is 10.6 Å². The molecule has 1 aliphatic heterocycles. The lowest BCUT2D eigenvalue weighted by Crippen LogP contribution is -2.51. The number of ether oxygens (including phenoxy) is 4. The molecule has 1 fully saturated rings. The van der Waals surface area contributed by atoms with Crippen LogP contribution in [0.2, 0.25) is 0 Å². The Morgan fingerprint density at radius 3 is 2.03 bits per heavy atom. The first-order chi connectivity index (χ1) is 14.5. The predicted octanol–water partition coefficient (Wildman–Crippen LogP) is 1.91. The normalized spacial score (nSPS) is 13.3. The number of rotatable bonds is 8. The van der Waals surface area contributed by atoms with E-state index in [4.69, 9.17) is 18.9 Å². The van der Waals surface area contributed by atoms with E-state index in [1.165, 1.54) is 13.2 Å². The summed E-state index contributed by atoms with van der Waals surface area (Å²) >= 11 is 0. The SMILES string of the molecule is COc1ccc(OCCOc2ccc(C=C3C(=O)NC(=O)NC3=O)cc2OC)cc1. The summed E-state index contributed by atoms with van der Waals surface area (Å²) in [6, 6.07) is 11.3. The Morgan fingerprint density at radius 1 is 0.767 bits per heavy atom. The van der Waals surface area contributed by atoms with E-state index in [9.17, 15) is 14.4 Å². The number of barbiturate groups is 1. The van der Waals surface area contributed by atoms with Gasteiger partial charge in [0.1, 0.15) is 30.3 Å². The maximum Gasteiger partial charge on any atom is 0.328 e. The second kappa shape index (κ2) is 9.46. The highest BCUT2D eigenvalue weighted by Crippen LogP contribution is 2.29. The van der Waals surface area contributed by atoms with Crippen LogP contribution in [0.4, 0.5) is 4.79 Å². The van der Waals surface area contributed by atoms with Crippen LogP contribution >= 0.6 is 0 Å². The molecule has 0 bridgehead atoms. The van der Waals surface area contributed by atoms with Gasteiger partial charge in [0.15, 0.2) is 11.5 Å². The minimum Gasteiger partial charge on any atom is -0.497 e. The van der Waals surface area contributed by atoms with Crippen LogP contribution in [0.15, 0.2) is 48.0 Å². The molecule has 0 unspecified atom stereocenters. The molecule has 0 radical (unpaired) electrons. The molecule has 1 aliphatic rings. The third-order valence-electron chi connectivity index (χ3n) is 4.11. The van der Waals surface area contributed by atoms with Crippen molar-refractivity contribution in [1.82, 2.24) is 10.6 Å². The molecule has 1 heterocycles. The number of carbonyl (C=O) groups is 3. The number of amides is 4. The number of urea groups is 1. The van der Waals surface area contributed by atoms with Crippen molar-refractivity contribution in [2.45, 2.75) is 0 Å². The van der Waals surface area contributed by atoms with Gasteiger partial charge in [-0.05, 0) is 48.0 Å². The molecule has 0 atom stereocenters. The molecule has 0 aromatic heterocycles. The van der Waals surface area contributed by atoms with E-state index in [-0.39, 0.29) is 12.2 Å². The van der Waals surface area contributed by atoms with Crippen LogP contribution < -0.4 is 29.6 Å². The molecule has 2 aromatic rings. The summed E-state index contributed by atoms with van der Waals surface area (Å²) < 4.78 is 21.7. The van der Waals surface area contributed by atoms with Gasteiger partial charge in [0, 0.05) is 0 Å². The lowest BCUT2D eigenvalue weighted by molar-refractivity contribution is -0.123. The van der Waals surface area contributed by atoms with Crippen molar-refractivity contribution < 1.29 is 33.3 Å². The topological polar surface area (TPSA) is 112 Å². The Morgan fingerprint density at radius 2 is 1.40 bits per heavy atom. The van der Waals surface area contributed by atoms with Crippen LogP contribution in [0.5, 0.6) is 23.0 Å². The molecule has 9 heteroatoms. The highest BCUT2D eigenvalue weighted by atomic mass is 16.5. The number of imide groups is 2.